The first-order chi connectivity index (χ1) is 8.47. The van der Waals surface area contributed by atoms with E-state index in [0.29, 0.717) is 16.6 Å². The zero-order valence-electron chi connectivity index (χ0n) is 10.7. The molecule has 0 fully saturated rings. The highest BCUT2D eigenvalue weighted by molar-refractivity contribution is 9.10. The Hall–Kier alpha value is -1.10. The van der Waals surface area contributed by atoms with Crippen molar-refractivity contribution in [1.82, 2.24) is 4.90 Å². The number of hydrogen-bond donors (Lipinski definition) is 1. The van der Waals surface area contributed by atoms with Crippen molar-refractivity contribution >= 4 is 27.5 Å². The lowest BCUT2D eigenvalue weighted by Gasteiger charge is -2.18. The molecule has 0 saturated heterocycles. The molecule has 0 spiro atoms. The molecule has 0 aliphatic heterocycles. The fourth-order valence-electron chi connectivity index (χ4n) is 1.64. The maximum atomic E-state index is 13.2. The Morgan fingerprint density at radius 2 is 2.11 bits per heavy atom. The van der Waals surface area contributed by atoms with Gasteiger partial charge in [0.25, 0.3) is 5.91 Å². The summed E-state index contributed by atoms with van der Waals surface area (Å²) in [4.78, 5) is 13.8. The number of nitrogen functional groups attached to an aromatic ring is 1. The number of carbonyl (C=O) groups excluding carboxylic acids is 1. The third-order valence-corrected chi connectivity index (χ3v) is 3.42. The highest BCUT2D eigenvalue weighted by atomic mass is 79.9. The number of hydrogen-bond acceptors (Lipinski definition) is 2. The van der Waals surface area contributed by atoms with Gasteiger partial charge in [-0.3, -0.25) is 4.79 Å². The third kappa shape index (κ3) is 3.70. The molecule has 3 nitrogen and oxygen atoms in total. The van der Waals surface area contributed by atoms with Gasteiger partial charge in [0.15, 0.2) is 0 Å². The maximum absolute atomic E-state index is 13.2. The molecule has 0 aliphatic carbocycles. The fraction of sp³-hybridized carbons (Fsp3) is 0.462. The molecule has 0 unspecified atom stereocenters. The van der Waals surface area contributed by atoms with E-state index in [9.17, 15) is 9.18 Å². The van der Waals surface area contributed by atoms with Crippen LogP contribution in [-0.4, -0.2) is 24.4 Å². The van der Waals surface area contributed by atoms with Crippen LogP contribution in [0.2, 0.25) is 0 Å². The van der Waals surface area contributed by atoms with E-state index < -0.39 is 5.82 Å². The summed E-state index contributed by atoms with van der Waals surface area (Å²) in [5.74, 6) is -0.670. The highest BCUT2D eigenvalue weighted by Crippen LogP contribution is 2.24. The van der Waals surface area contributed by atoms with Crippen molar-refractivity contribution in [1.29, 1.82) is 0 Å². The zero-order valence-corrected chi connectivity index (χ0v) is 12.3. The minimum absolute atomic E-state index is 0.0106. The number of anilines is 1. The van der Waals surface area contributed by atoms with Crippen LogP contribution in [0.25, 0.3) is 0 Å². The van der Waals surface area contributed by atoms with Crippen molar-refractivity contribution in [3.8, 4) is 0 Å². The van der Waals surface area contributed by atoms with Crippen LogP contribution < -0.4 is 5.73 Å². The summed E-state index contributed by atoms with van der Waals surface area (Å²) in [6.45, 7) is 2.80. The lowest BCUT2D eigenvalue weighted by atomic mass is 10.1. The van der Waals surface area contributed by atoms with Crippen LogP contribution in [0.1, 0.15) is 36.5 Å². The monoisotopic (exact) mass is 316 g/mol. The van der Waals surface area contributed by atoms with E-state index in [4.69, 9.17) is 5.73 Å². The summed E-state index contributed by atoms with van der Waals surface area (Å²) in [6.07, 6.45) is 3.16. The van der Waals surface area contributed by atoms with Gasteiger partial charge >= 0.3 is 0 Å². The van der Waals surface area contributed by atoms with E-state index >= 15 is 0 Å². The molecular formula is C13H18BrFN2O. The minimum Gasteiger partial charge on any atom is -0.396 e. The Bertz CT molecular complexity index is 437. The molecule has 100 valence electrons. The average molecular weight is 317 g/mol. The Balaban J connectivity index is 2.80. The van der Waals surface area contributed by atoms with Crippen LogP contribution in [0.5, 0.6) is 0 Å². The van der Waals surface area contributed by atoms with Gasteiger partial charge < -0.3 is 10.6 Å². The zero-order chi connectivity index (χ0) is 13.7. The van der Waals surface area contributed by atoms with Crippen LogP contribution in [0.3, 0.4) is 0 Å². The first-order valence-corrected chi connectivity index (χ1v) is 6.76. The van der Waals surface area contributed by atoms with Crippen LogP contribution in [-0.2, 0) is 0 Å². The van der Waals surface area contributed by atoms with Gasteiger partial charge in [0, 0.05) is 18.1 Å². The van der Waals surface area contributed by atoms with Gasteiger partial charge in [-0.15, -0.1) is 0 Å². The van der Waals surface area contributed by atoms with E-state index in [2.05, 4.69) is 22.9 Å². The van der Waals surface area contributed by atoms with Crippen LogP contribution in [0.15, 0.2) is 16.6 Å². The molecule has 0 heterocycles. The molecule has 0 aromatic heterocycles. The second-order valence-electron chi connectivity index (χ2n) is 4.29. The largest absolute Gasteiger partial charge is 0.396 e. The first kappa shape index (κ1) is 15.0. The summed E-state index contributed by atoms with van der Waals surface area (Å²) in [5, 5.41) is 0. The van der Waals surface area contributed by atoms with E-state index in [0.717, 1.165) is 19.3 Å². The molecule has 0 saturated carbocycles. The summed E-state index contributed by atoms with van der Waals surface area (Å²) in [6, 6.07) is 2.60. The van der Waals surface area contributed by atoms with Gasteiger partial charge in [-0.2, -0.15) is 0 Å². The van der Waals surface area contributed by atoms with E-state index in [1.54, 1.807) is 11.9 Å². The number of nitrogens with two attached hydrogens (primary N) is 1. The van der Waals surface area contributed by atoms with Gasteiger partial charge in [-0.1, -0.05) is 19.8 Å². The lowest BCUT2D eigenvalue weighted by molar-refractivity contribution is 0.0792. The standard InChI is InChI=1S/C13H18BrFN2O/c1-3-4-5-6-17(2)13(18)9-7-12(16)11(15)8-10(9)14/h7-8H,3-6,16H2,1-2H3. The normalized spacial score (nSPS) is 10.4. The van der Waals surface area contributed by atoms with Gasteiger partial charge in [0.1, 0.15) is 5.82 Å². The SMILES string of the molecule is CCCCCN(C)C(=O)c1cc(N)c(F)cc1Br. The predicted molar refractivity (Wildman–Crippen MR) is 75.0 cm³/mol. The number of halogens is 2. The maximum Gasteiger partial charge on any atom is 0.254 e. The van der Waals surface area contributed by atoms with Gasteiger partial charge in [-0.25, -0.2) is 4.39 Å². The molecule has 0 radical (unpaired) electrons. The molecule has 1 aromatic carbocycles. The summed E-state index contributed by atoms with van der Waals surface area (Å²) >= 11 is 3.19. The smallest absolute Gasteiger partial charge is 0.254 e. The number of amides is 1. The topological polar surface area (TPSA) is 46.3 Å². The second kappa shape index (κ2) is 6.73. The fourth-order valence-corrected chi connectivity index (χ4v) is 2.12. The molecule has 2 N–H and O–H groups in total. The molecule has 0 bridgehead atoms. The Morgan fingerprint density at radius 3 is 2.72 bits per heavy atom. The third-order valence-electron chi connectivity index (χ3n) is 2.76. The number of nitrogens with zero attached hydrogens (tertiary/aromatic N) is 1. The number of benzene rings is 1. The van der Waals surface area contributed by atoms with Crippen molar-refractivity contribution in [2.75, 3.05) is 19.3 Å². The summed E-state index contributed by atoms with van der Waals surface area (Å²) < 4.78 is 13.6. The van der Waals surface area contributed by atoms with Crippen LogP contribution in [0, 0.1) is 5.82 Å². The quantitative estimate of drug-likeness (QED) is 0.668. The molecule has 5 heteroatoms. The van der Waals surface area contributed by atoms with Gasteiger partial charge in [0.05, 0.1) is 11.3 Å². The average Bonchev–Trinajstić information content (AvgIpc) is 2.33. The van der Waals surface area contributed by atoms with Crippen LogP contribution >= 0.6 is 15.9 Å². The molecular weight excluding hydrogens is 299 g/mol. The lowest BCUT2D eigenvalue weighted by Crippen LogP contribution is -2.28. The van der Waals surface area contributed by atoms with E-state index in [-0.39, 0.29) is 11.6 Å². The van der Waals surface area contributed by atoms with Crippen molar-refractivity contribution < 1.29 is 9.18 Å². The Morgan fingerprint density at radius 1 is 1.44 bits per heavy atom. The van der Waals surface area contributed by atoms with Gasteiger partial charge in [-0.05, 0) is 34.5 Å². The van der Waals surface area contributed by atoms with Crippen molar-refractivity contribution in [3.63, 3.8) is 0 Å². The second-order valence-corrected chi connectivity index (χ2v) is 5.14. The number of carbonyl (C=O) groups is 1. The Kier molecular flexibility index (Phi) is 5.59. The number of unbranched alkanes of at least 4 members (excludes halogenated alkanes) is 2. The molecule has 0 atom stereocenters. The van der Waals surface area contributed by atoms with E-state index in [1.807, 2.05) is 0 Å². The van der Waals surface area contributed by atoms with Crippen molar-refractivity contribution in [2.45, 2.75) is 26.2 Å². The Labute approximate surface area is 115 Å². The van der Waals surface area contributed by atoms with Crippen LogP contribution in [0.4, 0.5) is 10.1 Å². The molecule has 18 heavy (non-hydrogen) atoms. The molecule has 1 aromatic rings. The summed E-state index contributed by atoms with van der Waals surface area (Å²) in [5.41, 5.74) is 5.87. The van der Waals surface area contributed by atoms with Gasteiger partial charge in [0.2, 0.25) is 0 Å². The molecule has 0 aliphatic rings. The van der Waals surface area contributed by atoms with Crippen molar-refractivity contribution in [3.05, 3.63) is 28.0 Å². The molecule has 1 amide bonds. The van der Waals surface area contributed by atoms with Crippen molar-refractivity contribution in [2.24, 2.45) is 0 Å². The first-order valence-electron chi connectivity index (χ1n) is 5.97. The predicted octanol–water partition coefficient (Wildman–Crippen LogP) is 3.43. The number of rotatable bonds is 5. The highest BCUT2D eigenvalue weighted by Gasteiger charge is 2.16. The van der Waals surface area contributed by atoms with E-state index in [1.165, 1.54) is 12.1 Å². The molecule has 1 rings (SSSR count). The summed E-state index contributed by atoms with van der Waals surface area (Å²) in [7, 11) is 1.74. The minimum atomic E-state index is -0.521.